The van der Waals surface area contributed by atoms with Crippen molar-refractivity contribution in [3.8, 4) is 0 Å². The minimum atomic E-state index is 0.0303. The number of hydrogen-bond acceptors (Lipinski definition) is 2. The molecule has 2 rings (SSSR count). The summed E-state index contributed by atoms with van der Waals surface area (Å²) in [7, 11) is 0. The molecule has 0 atom stereocenters. The van der Waals surface area contributed by atoms with Crippen molar-refractivity contribution < 1.29 is 4.79 Å². The Hall–Kier alpha value is -2.10. The molecule has 1 aromatic carbocycles. The van der Waals surface area contributed by atoms with E-state index in [0.29, 0.717) is 18.8 Å². The molecule has 0 saturated heterocycles. The van der Waals surface area contributed by atoms with Gasteiger partial charge < -0.3 is 10.3 Å². The highest BCUT2D eigenvalue weighted by Gasteiger charge is 2.09. The Balaban J connectivity index is 1.95. The van der Waals surface area contributed by atoms with Crippen LogP contribution in [0.3, 0.4) is 0 Å². The number of H-pyrrole nitrogens is 1. The first-order valence-corrected chi connectivity index (χ1v) is 6.53. The van der Waals surface area contributed by atoms with Crippen LogP contribution in [0.25, 0.3) is 0 Å². The molecule has 4 nitrogen and oxygen atoms in total. The Labute approximate surface area is 113 Å². The summed E-state index contributed by atoms with van der Waals surface area (Å²) in [5.41, 5.74) is 3.05. The second kappa shape index (κ2) is 6.18. The molecule has 0 radical (unpaired) electrons. The number of amides is 1. The Morgan fingerprint density at radius 1 is 1.37 bits per heavy atom. The van der Waals surface area contributed by atoms with Gasteiger partial charge in [0, 0.05) is 24.0 Å². The summed E-state index contributed by atoms with van der Waals surface area (Å²) < 4.78 is 0. The van der Waals surface area contributed by atoms with Crippen molar-refractivity contribution in [1.82, 2.24) is 9.97 Å². The third-order valence-electron chi connectivity index (χ3n) is 3.03. The van der Waals surface area contributed by atoms with Gasteiger partial charge in [-0.2, -0.15) is 0 Å². The van der Waals surface area contributed by atoms with E-state index in [-0.39, 0.29) is 5.91 Å². The molecule has 0 fully saturated rings. The Kier molecular flexibility index (Phi) is 4.34. The minimum Gasteiger partial charge on any atom is -0.348 e. The highest BCUT2D eigenvalue weighted by molar-refractivity contribution is 5.91. The number of carbonyl (C=O) groups is 1. The molecule has 4 heteroatoms. The van der Waals surface area contributed by atoms with E-state index in [2.05, 4.69) is 35.2 Å². The van der Waals surface area contributed by atoms with Gasteiger partial charge in [-0.15, -0.1) is 0 Å². The molecule has 0 aliphatic rings. The largest absolute Gasteiger partial charge is 0.348 e. The molecule has 0 spiro atoms. The number of imidazole rings is 1. The van der Waals surface area contributed by atoms with Crippen molar-refractivity contribution in [2.45, 2.75) is 32.6 Å². The molecule has 0 aliphatic carbocycles. The number of aromatic amines is 1. The van der Waals surface area contributed by atoms with Gasteiger partial charge in [-0.05, 0) is 24.0 Å². The highest BCUT2D eigenvalue weighted by Crippen LogP contribution is 2.23. The SMILES string of the molecule is CC(C)c1ccccc1NC(=O)CCc1cnc[nH]1. The van der Waals surface area contributed by atoms with Crippen molar-refractivity contribution in [2.24, 2.45) is 0 Å². The van der Waals surface area contributed by atoms with Crippen molar-refractivity contribution in [2.75, 3.05) is 5.32 Å². The van der Waals surface area contributed by atoms with Crippen LogP contribution in [0.2, 0.25) is 0 Å². The van der Waals surface area contributed by atoms with Gasteiger partial charge in [0.1, 0.15) is 0 Å². The van der Waals surface area contributed by atoms with Crippen LogP contribution in [0, 0.1) is 0 Å². The number of para-hydroxylation sites is 1. The van der Waals surface area contributed by atoms with Gasteiger partial charge in [-0.3, -0.25) is 4.79 Å². The summed E-state index contributed by atoms with van der Waals surface area (Å²) in [6, 6.07) is 7.94. The van der Waals surface area contributed by atoms with Gasteiger partial charge in [-0.25, -0.2) is 4.98 Å². The maximum Gasteiger partial charge on any atom is 0.224 e. The predicted octanol–water partition coefficient (Wildman–Crippen LogP) is 3.10. The number of aryl methyl sites for hydroxylation is 1. The topological polar surface area (TPSA) is 57.8 Å². The summed E-state index contributed by atoms with van der Waals surface area (Å²) in [5, 5.41) is 2.98. The fourth-order valence-corrected chi connectivity index (χ4v) is 2.00. The van der Waals surface area contributed by atoms with E-state index in [1.54, 1.807) is 12.5 Å². The minimum absolute atomic E-state index is 0.0303. The lowest BCUT2D eigenvalue weighted by Crippen LogP contribution is -2.14. The van der Waals surface area contributed by atoms with Gasteiger partial charge in [0.15, 0.2) is 0 Å². The van der Waals surface area contributed by atoms with Crippen molar-refractivity contribution >= 4 is 11.6 Å². The number of carbonyl (C=O) groups excluding carboxylic acids is 1. The maximum atomic E-state index is 11.9. The summed E-state index contributed by atoms with van der Waals surface area (Å²) in [6.45, 7) is 4.24. The average molecular weight is 257 g/mol. The van der Waals surface area contributed by atoms with Crippen LogP contribution >= 0.6 is 0 Å². The molecule has 100 valence electrons. The lowest BCUT2D eigenvalue weighted by atomic mass is 10.0. The van der Waals surface area contributed by atoms with E-state index in [0.717, 1.165) is 16.9 Å². The van der Waals surface area contributed by atoms with Gasteiger partial charge in [-0.1, -0.05) is 32.0 Å². The van der Waals surface area contributed by atoms with Crippen LogP contribution < -0.4 is 5.32 Å². The fraction of sp³-hybridized carbons (Fsp3) is 0.333. The smallest absolute Gasteiger partial charge is 0.224 e. The molecule has 1 aromatic heterocycles. The second-order valence-corrected chi connectivity index (χ2v) is 4.87. The van der Waals surface area contributed by atoms with Crippen molar-refractivity contribution in [1.29, 1.82) is 0 Å². The zero-order chi connectivity index (χ0) is 13.7. The van der Waals surface area contributed by atoms with Crippen LogP contribution in [0.1, 0.15) is 37.4 Å². The molecule has 2 aromatic rings. The second-order valence-electron chi connectivity index (χ2n) is 4.87. The fourth-order valence-electron chi connectivity index (χ4n) is 2.00. The zero-order valence-electron chi connectivity index (χ0n) is 11.3. The van der Waals surface area contributed by atoms with E-state index in [4.69, 9.17) is 0 Å². The van der Waals surface area contributed by atoms with Gasteiger partial charge in [0.25, 0.3) is 0 Å². The van der Waals surface area contributed by atoms with Crippen LogP contribution in [0.15, 0.2) is 36.8 Å². The quantitative estimate of drug-likeness (QED) is 0.864. The average Bonchev–Trinajstić information content (AvgIpc) is 2.90. The van der Waals surface area contributed by atoms with E-state index in [1.165, 1.54) is 0 Å². The Morgan fingerprint density at radius 3 is 2.84 bits per heavy atom. The Morgan fingerprint density at radius 2 is 2.16 bits per heavy atom. The molecule has 2 N–H and O–H groups in total. The summed E-state index contributed by atoms with van der Waals surface area (Å²) in [5.74, 6) is 0.423. The summed E-state index contributed by atoms with van der Waals surface area (Å²) in [4.78, 5) is 18.9. The third-order valence-corrected chi connectivity index (χ3v) is 3.03. The van der Waals surface area contributed by atoms with Crippen molar-refractivity contribution in [3.63, 3.8) is 0 Å². The first kappa shape index (κ1) is 13.3. The third kappa shape index (κ3) is 3.68. The number of nitrogens with zero attached hydrogens (tertiary/aromatic N) is 1. The van der Waals surface area contributed by atoms with Crippen molar-refractivity contribution in [3.05, 3.63) is 48.0 Å². The summed E-state index contributed by atoms with van der Waals surface area (Å²) >= 11 is 0. The molecule has 1 heterocycles. The number of aromatic nitrogens is 2. The molecule has 0 aliphatic heterocycles. The molecule has 0 bridgehead atoms. The standard InChI is InChI=1S/C15H19N3O/c1-11(2)13-5-3-4-6-14(13)18-15(19)8-7-12-9-16-10-17-12/h3-6,9-11H,7-8H2,1-2H3,(H,16,17)(H,18,19). The number of anilines is 1. The number of rotatable bonds is 5. The normalized spacial score (nSPS) is 10.7. The number of nitrogens with one attached hydrogen (secondary N) is 2. The zero-order valence-corrected chi connectivity index (χ0v) is 11.3. The van der Waals surface area contributed by atoms with Crippen LogP contribution in [0.5, 0.6) is 0 Å². The highest BCUT2D eigenvalue weighted by atomic mass is 16.1. The van der Waals surface area contributed by atoms with E-state index in [9.17, 15) is 4.79 Å². The molecule has 0 saturated carbocycles. The lowest BCUT2D eigenvalue weighted by Gasteiger charge is -2.13. The Bertz CT molecular complexity index is 532. The van der Waals surface area contributed by atoms with Crippen LogP contribution in [0.4, 0.5) is 5.69 Å². The van der Waals surface area contributed by atoms with E-state index < -0.39 is 0 Å². The molecular weight excluding hydrogens is 238 g/mol. The van der Waals surface area contributed by atoms with Gasteiger partial charge >= 0.3 is 0 Å². The molecule has 19 heavy (non-hydrogen) atoms. The first-order chi connectivity index (χ1) is 9.16. The first-order valence-electron chi connectivity index (χ1n) is 6.53. The monoisotopic (exact) mass is 257 g/mol. The molecule has 1 amide bonds. The van der Waals surface area contributed by atoms with Crippen LogP contribution in [-0.4, -0.2) is 15.9 Å². The maximum absolute atomic E-state index is 11.9. The molecule has 0 unspecified atom stereocenters. The lowest BCUT2D eigenvalue weighted by molar-refractivity contribution is -0.116. The number of benzene rings is 1. The molecular formula is C15H19N3O. The van der Waals surface area contributed by atoms with E-state index >= 15 is 0 Å². The van der Waals surface area contributed by atoms with E-state index in [1.807, 2.05) is 18.2 Å². The van der Waals surface area contributed by atoms with Gasteiger partial charge in [0.2, 0.25) is 5.91 Å². The predicted molar refractivity (Wildman–Crippen MR) is 76.1 cm³/mol. The van der Waals surface area contributed by atoms with Crippen LogP contribution in [-0.2, 0) is 11.2 Å². The van der Waals surface area contributed by atoms with Gasteiger partial charge in [0.05, 0.1) is 6.33 Å². The summed E-state index contributed by atoms with van der Waals surface area (Å²) in [6.07, 6.45) is 4.50. The number of hydrogen-bond donors (Lipinski definition) is 2.